The molecule has 0 aromatic carbocycles. The third-order valence-corrected chi connectivity index (χ3v) is 2.74. The average molecular weight is 214 g/mol. The number of carbonyl (C=O) groups excluding carboxylic acids is 1. The van der Waals surface area contributed by atoms with Gasteiger partial charge in [0.2, 0.25) is 0 Å². The van der Waals surface area contributed by atoms with Crippen molar-refractivity contribution >= 4 is 12.0 Å². The molecule has 1 rings (SSSR count). The van der Waals surface area contributed by atoms with Crippen LogP contribution < -0.4 is 10.6 Å². The molecule has 0 spiro atoms. The van der Waals surface area contributed by atoms with E-state index in [4.69, 9.17) is 5.11 Å². The summed E-state index contributed by atoms with van der Waals surface area (Å²) >= 11 is 0. The fourth-order valence-corrected chi connectivity index (χ4v) is 1.98. The van der Waals surface area contributed by atoms with E-state index >= 15 is 0 Å². The molecule has 3 N–H and O–H groups in total. The van der Waals surface area contributed by atoms with Crippen LogP contribution in [0.4, 0.5) is 4.79 Å². The van der Waals surface area contributed by atoms with E-state index in [0.29, 0.717) is 13.0 Å². The molecule has 1 fully saturated rings. The Labute approximate surface area is 89.2 Å². The number of aliphatic carboxylic acids is 1. The Hall–Kier alpha value is -1.26. The largest absolute Gasteiger partial charge is 0.481 e. The van der Waals surface area contributed by atoms with Crippen LogP contribution >= 0.6 is 0 Å². The van der Waals surface area contributed by atoms with Crippen LogP contribution in [0.5, 0.6) is 0 Å². The Kier molecular flexibility index (Phi) is 4.39. The number of carboxylic acids is 1. The molecule has 1 aliphatic carbocycles. The van der Waals surface area contributed by atoms with Crippen LogP contribution in [-0.4, -0.2) is 29.7 Å². The maximum absolute atomic E-state index is 11.3. The van der Waals surface area contributed by atoms with Gasteiger partial charge in [0, 0.05) is 12.6 Å². The van der Waals surface area contributed by atoms with E-state index in [1.54, 1.807) is 0 Å². The molecule has 2 atom stereocenters. The summed E-state index contributed by atoms with van der Waals surface area (Å²) in [6, 6.07) is -0.488. The zero-order chi connectivity index (χ0) is 11.3. The molecule has 15 heavy (non-hydrogen) atoms. The van der Waals surface area contributed by atoms with E-state index in [2.05, 4.69) is 10.6 Å². The molecule has 1 aliphatic rings. The normalized spacial score (nSPS) is 25.7. The molecule has 5 heteroatoms. The Balaban J connectivity index is 2.49. The summed E-state index contributed by atoms with van der Waals surface area (Å²) in [6.45, 7) is 2.38. The van der Waals surface area contributed by atoms with Crippen LogP contribution in [0.3, 0.4) is 0 Å². The van der Waals surface area contributed by atoms with Gasteiger partial charge in [-0.2, -0.15) is 0 Å². The molecule has 0 aromatic heterocycles. The maximum Gasteiger partial charge on any atom is 0.315 e. The van der Waals surface area contributed by atoms with Crippen molar-refractivity contribution < 1.29 is 14.7 Å². The van der Waals surface area contributed by atoms with Crippen molar-refractivity contribution in [1.82, 2.24) is 10.6 Å². The Bertz CT molecular complexity index is 243. The number of hydrogen-bond donors (Lipinski definition) is 3. The van der Waals surface area contributed by atoms with Gasteiger partial charge in [-0.05, 0) is 19.8 Å². The topological polar surface area (TPSA) is 78.4 Å². The van der Waals surface area contributed by atoms with E-state index in [0.717, 1.165) is 19.3 Å². The number of carboxylic acid groups (broad SMARTS) is 1. The minimum absolute atomic E-state index is 0.220. The molecule has 2 amide bonds. The monoisotopic (exact) mass is 214 g/mol. The lowest BCUT2D eigenvalue weighted by molar-refractivity contribution is -0.143. The van der Waals surface area contributed by atoms with Gasteiger partial charge in [0.15, 0.2) is 0 Å². The van der Waals surface area contributed by atoms with Crippen molar-refractivity contribution in [1.29, 1.82) is 0 Å². The van der Waals surface area contributed by atoms with Crippen LogP contribution in [-0.2, 0) is 4.79 Å². The average Bonchev–Trinajstić information content (AvgIpc) is 2.18. The van der Waals surface area contributed by atoms with E-state index in [9.17, 15) is 9.59 Å². The van der Waals surface area contributed by atoms with Crippen LogP contribution in [0, 0.1) is 5.92 Å². The fourth-order valence-electron chi connectivity index (χ4n) is 1.98. The van der Waals surface area contributed by atoms with Crippen molar-refractivity contribution in [3.63, 3.8) is 0 Å². The first-order valence-corrected chi connectivity index (χ1v) is 5.42. The predicted octanol–water partition coefficient (Wildman–Crippen LogP) is 0.949. The van der Waals surface area contributed by atoms with E-state index in [-0.39, 0.29) is 12.1 Å². The molecular weight excluding hydrogens is 196 g/mol. The zero-order valence-corrected chi connectivity index (χ0v) is 8.95. The van der Waals surface area contributed by atoms with E-state index in [1.807, 2.05) is 6.92 Å². The summed E-state index contributed by atoms with van der Waals surface area (Å²) in [5.41, 5.74) is 0. The van der Waals surface area contributed by atoms with Gasteiger partial charge in [-0.1, -0.05) is 12.8 Å². The Morgan fingerprint density at radius 1 is 1.33 bits per heavy atom. The van der Waals surface area contributed by atoms with Crippen LogP contribution in [0.1, 0.15) is 32.6 Å². The summed E-state index contributed by atoms with van der Waals surface area (Å²) in [4.78, 5) is 22.2. The van der Waals surface area contributed by atoms with Crippen molar-refractivity contribution in [2.24, 2.45) is 5.92 Å². The fraction of sp³-hybridized carbons (Fsp3) is 0.800. The lowest BCUT2D eigenvalue weighted by Gasteiger charge is -2.29. The second-order valence-electron chi connectivity index (χ2n) is 3.84. The number of amides is 2. The molecule has 0 aliphatic heterocycles. The van der Waals surface area contributed by atoms with Crippen molar-refractivity contribution in [3.8, 4) is 0 Å². The summed E-state index contributed by atoms with van der Waals surface area (Å²) in [7, 11) is 0. The number of hydrogen-bond acceptors (Lipinski definition) is 2. The molecule has 0 bridgehead atoms. The summed E-state index contributed by atoms with van der Waals surface area (Å²) in [6.07, 6.45) is 3.34. The van der Waals surface area contributed by atoms with Crippen LogP contribution in [0.2, 0.25) is 0 Å². The minimum atomic E-state index is -0.809. The molecule has 1 saturated carbocycles. The highest BCUT2D eigenvalue weighted by Gasteiger charge is 2.31. The molecule has 86 valence electrons. The quantitative estimate of drug-likeness (QED) is 0.654. The molecular formula is C10H18N2O3. The van der Waals surface area contributed by atoms with Gasteiger partial charge >= 0.3 is 12.0 Å². The first-order chi connectivity index (χ1) is 7.15. The number of carbonyl (C=O) groups is 2. The molecule has 0 aromatic rings. The van der Waals surface area contributed by atoms with Gasteiger partial charge in [0.05, 0.1) is 5.92 Å². The highest BCUT2D eigenvalue weighted by Crippen LogP contribution is 2.24. The SMILES string of the molecule is CCNC(=O)NC1CCCCC1C(=O)O. The van der Waals surface area contributed by atoms with Crippen molar-refractivity contribution in [2.75, 3.05) is 6.54 Å². The molecule has 0 heterocycles. The third kappa shape index (κ3) is 3.42. The Morgan fingerprint density at radius 2 is 2.00 bits per heavy atom. The lowest BCUT2D eigenvalue weighted by atomic mass is 9.84. The first kappa shape index (κ1) is 11.8. The highest BCUT2D eigenvalue weighted by atomic mass is 16.4. The number of urea groups is 1. The van der Waals surface area contributed by atoms with Crippen molar-refractivity contribution in [3.05, 3.63) is 0 Å². The van der Waals surface area contributed by atoms with Gasteiger partial charge in [-0.25, -0.2) is 4.79 Å². The zero-order valence-electron chi connectivity index (χ0n) is 8.95. The van der Waals surface area contributed by atoms with Crippen LogP contribution in [0.25, 0.3) is 0 Å². The van der Waals surface area contributed by atoms with E-state index in [1.165, 1.54) is 0 Å². The standard InChI is InChI=1S/C10H18N2O3/c1-2-11-10(15)12-8-6-4-3-5-7(8)9(13)14/h7-8H,2-6H2,1H3,(H,13,14)(H2,11,12,15). The summed E-state index contributed by atoms with van der Waals surface area (Å²) < 4.78 is 0. The van der Waals surface area contributed by atoms with Gasteiger partial charge in [0.25, 0.3) is 0 Å². The van der Waals surface area contributed by atoms with Gasteiger partial charge < -0.3 is 15.7 Å². The van der Waals surface area contributed by atoms with Gasteiger partial charge in [0.1, 0.15) is 0 Å². The second kappa shape index (κ2) is 5.58. The second-order valence-corrected chi connectivity index (χ2v) is 3.84. The molecule has 5 nitrogen and oxygen atoms in total. The van der Waals surface area contributed by atoms with Crippen LogP contribution in [0.15, 0.2) is 0 Å². The van der Waals surface area contributed by atoms with E-state index < -0.39 is 11.9 Å². The first-order valence-electron chi connectivity index (χ1n) is 5.42. The number of nitrogens with one attached hydrogen (secondary N) is 2. The third-order valence-electron chi connectivity index (χ3n) is 2.74. The number of rotatable bonds is 3. The smallest absolute Gasteiger partial charge is 0.315 e. The van der Waals surface area contributed by atoms with Gasteiger partial charge in [-0.3, -0.25) is 4.79 Å². The highest BCUT2D eigenvalue weighted by molar-refractivity contribution is 5.76. The molecule has 2 unspecified atom stereocenters. The molecule has 0 radical (unpaired) electrons. The Morgan fingerprint density at radius 3 is 2.60 bits per heavy atom. The predicted molar refractivity (Wildman–Crippen MR) is 55.6 cm³/mol. The van der Waals surface area contributed by atoms with Gasteiger partial charge in [-0.15, -0.1) is 0 Å². The minimum Gasteiger partial charge on any atom is -0.481 e. The lowest BCUT2D eigenvalue weighted by Crippen LogP contribution is -2.48. The summed E-state index contributed by atoms with van der Waals surface area (Å²) in [5, 5.41) is 14.3. The summed E-state index contributed by atoms with van der Waals surface area (Å²) in [5.74, 6) is -1.24. The van der Waals surface area contributed by atoms with Crippen molar-refractivity contribution in [2.45, 2.75) is 38.6 Å². The molecule has 0 saturated heterocycles. The maximum atomic E-state index is 11.3.